The molecule has 0 saturated carbocycles. The highest BCUT2D eigenvalue weighted by molar-refractivity contribution is 5.69. The summed E-state index contributed by atoms with van der Waals surface area (Å²) in [6.07, 6.45) is -0.794. The molecule has 9 nitrogen and oxygen atoms in total. The zero-order chi connectivity index (χ0) is 18.3. The van der Waals surface area contributed by atoms with Gasteiger partial charge < -0.3 is 18.9 Å². The quantitative estimate of drug-likeness (QED) is 0.348. The van der Waals surface area contributed by atoms with E-state index in [0.717, 1.165) is 0 Å². The maximum absolute atomic E-state index is 11.9. The summed E-state index contributed by atoms with van der Waals surface area (Å²) in [6, 6.07) is -1.11. The number of carbonyl (C=O) groups excluding carboxylic acids is 2. The van der Waals surface area contributed by atoms with E-state index < -0.39 is 40.7 Å². The standard InChI is InChI=1S/C15H25NO8/c1-5-21-14(18)8-11(13-9-23-15(3,4)24-13)12(16(19)20)6-7-22-10(2)17/h11-13H,5-9H2,1-4H3/t11-,12?,13+/m0/s1. The Bertz CT molecular complexity index is 464. The summed E-state index contributed by atoms with van der Waals surface area (Å²) in [5, 5.41) is 11.5. The Kier molecular flexibility index (Phi) is 7.56. The second kappa shape index (κ2) is 8.93. The van der Waals surface area contributed by atoms with E-state index >= 15 is 0 Å². The average Bonchev–Trinajstić information content (AvgIpc) is 2.81. The van der Waals surface area contributed by atoms with E-state index in [1.165, 1.54) is 6.92 Å². The highest BCUT2D eigenvalue weighted by Gasteiger charge is 2.45. The fourth-order valence-corrected chi connectivity index (χ4v) is 2.65. The Labute approximate surface area is 140 Å². The average molecular weight is 347 g/mol. The molecule has 0 aromatic carbocycles. The summed E-state index contributed by atoms with van der Waals surface area (Å²) in [6.45, 7) is 6.54. The second-order valence-corrected chi connectivity index (χ2v) is 6.02. The molecule has 0 bridgehead atoms. The van der Waals surface area contributed by atoms with Crippen LogP contribution >= 0.6 is 0 Å². The van der Waals surface area contributed by atoms with Crippen LogP contribution in [-0.4, -0.2) is 54.6 Å². The lowest BCUT2D eigenvalue weighted by Crippen LogP contribution is -2.41. The van der Waals surface area contributed by atoms with Crippen molar-refractivity contribution in [3.05, 3.63) is 10.1 Å². The Balaban J connectivity index is 2.88. The first-order chi connectivity index (χ1) is 11.2. The van der Waals surface area contributed by atoms with Gasteiger partial charge in [0, 0.05) is 18.3 Å². The van der Waals surface area contributed by atoms with Gasteiger partial charge in [-0.3, -0.25) is 19.7 Å². The molecule has 0 radical (unpaired) electrons. The Hall–Kier alpha value is -1.74. The number of rotatable bonds is 9. The molecule has 0 amide bonds. The van der Waals surface area contributed by atoms with E-state index in [9.17, 15) is 19.7 Å². The lowest BCUT2D eigenvalue weighted by Gasteiger charge is -2.26. The van der Waals surface area contributed by atoms with Crippen molar-refractivity contribution < 1.29 is 33.5 Å². The smallest absolute Gasteiger partial charge is 0.306 e. The van der Waals surface area contributed by atoms with Crippen molar-refractivity contribution in [1.29, 1.82) is 0 Å². The van der Waals surface area contributed by atoms with E-state index in [1.54, 1.807) is 20.8 Å². The van der Waals surface area contributed by atoms with Crippen LogP contribution in [0.1, 0.15) is 40.5 Å². The van der Waals surface area contributed by atoms with Gasteiger partial charge in [-0.25, -0.2) is 0 Å². The van der Waals surface area contributed by atoms with E-state index in [4.69, 9.17) is 18.9 Å². The zero-order valence-corrected chi connectivity index (χ0v) is 14.5. The van der Waals surface area contributed by atoms with Crippen LogP contribution in [0.25, 0.3) is 0 Å². The highest BCUT2D eigenvalue weighted by Crippen LogP contribution is 2.32. The second-order valence-electron chi connectivity index (χ2n) is 6.02. The van der Waals surface area contributed by atoms with Gasteiger partial charge in [-0.15, -0.1) is 0 Å². The van der Waals surface area contributed by atoms with E-state index in [1.807, 2.05) is 0 Å². The molecule has 1 heterocycles. The minimum Gasteiger partial charge on any atom is -0.466 e. The van der Waals surface area contributed by atoms with Crippen LogP contribution in [0.3, 0.4) is 0 Å². The molecule has 0 aromatic heterocycles. The van der Waals surface area contributed by atoms with Gasteiger partial charge in [0.2, 0.25) is 6.04 Å². The van der Waals surface area contributed by atoms with Crippen molar-refractivity contribution in [3.8, 4) is 0 Å². The Morgan fingerprint density at radius 2 is 2.04 bits per heavy atom. The molecule has 0 aromatic rings. The largest absolute Gasteiger partial charge is 0.466 e. The first-order valence-electron chi connectivity index (χ1n) is 7.90. The molecule has 1 fully saturated rings. The fourth-order valence-electron chi connectivity index (χ4n) is 2.65. The van der Waals surface area contributed by atoms with Gasteiger partial charge in [0.1, 0.15) is 0 Å². The Morgan fingerprint density at radius 3 is 2.50 bits per heavy atom. The molecule has 1 aliphatic heterocycles. The normalized spacial score (nSPS) is 21.8. The van der Waals surface area contributed by atoms with Gasteiger partial charge in [-0.05, 0) is 20.8 Å². The van der Waals surface area contributed by atoms with Crippen LogP contribution in [0, 0.1) is 16.0 Å². The zero-order valence-electron chi connectivity index (χ0n) is 14.5. The summed E-state index contributed by atoms with van der Waals surface area (Å²) in [4.78, 5) is 33.7. The number of esters is 2. The molecule has 24 heavy (non-hydrogen) atoms. The van der Waals surface area contributed by atoms with Crippen LogP contribution in [-0.2, 0) is 28.5 Å². The minimum absolute atomic E-state index is 0.0169. The van der Waals surface area contributed by atoms with Crippen molar-refractivity contribution in [2.24, 2.45) is 5.92 Å². The molecular formula is C15H25NO8. The lowest BCUT2D eigenvalue weighted by molar-refractivity contribution is -0.536. The molecule has 1 rings (SSSR count). The molecular weight excluding hydrogens is 322 g/mol. The molecule has 0 aliphatic carbocycles. The lowest BCUT2D eigenvalue weighted by atomic mass is 9.89. The van der Waals surface area contributed by atoms with Gasteiger partial charge in [0.15, 0.2) is 5.79 Å². The van der Waals surface area contributed by atoms with E-state index in [-0.39, 0.29) is 32.7 Å². The number of nitro groups is 1. The SMILES string of the molecule is CCOC(=O)C[C@@H](C(CCOC(C)=O)[N+](=O)[O-])[C@H]1COC(C)(C)O1. The molecule has 0 N–H and O–H groups in total. The van der Waals surface area contributed by atoms with Gasteiger partial charge in [-0.2, -0.15) is 0 Å². The number of ether oxygens (including phenoxy) is 4. The van der Waals surface area contributed by atoms with Gasteiger partial charge >= 0.3 is 11.9 Å². The summed E-state index contributed by atoms with van der Waals surface area (Å²) in [5.74, 6) is -2.65. The topological polar surface area (TPSA) is 114 Å². The fraction of sp³-hybridized carbons (Fsp3) is 0.867. The van der Waals surface area contributed by atoms with Crippen molar-refractivity contribution >= 4 is 11.9 Å². The summed E-state index contributed by atoms with van der Waals surface area (Å²) in [5.41, 5.74) is 0. The summed E-state index contributed by atoms with van der Waals surface area (Å²) in [7, 11) is 0. The third kappa shape index (κ3) is 6.40. The summed E-state index contributed by atoms with van der Waals surface area (Å²) >= 11 is 0. The van der Waals surface area contributed by atoms with E-state index in [2.05, 4.69) is 0 Å². The van der Waals surface area contributed by atoms with Gasteiger partial charge in [0.25, 0.3) is 0 Å². The number of carbonyl (C=O) groups is 2. The van der Waals surface area contributed by atoms with Crippen LogP contribution in [0.5, 0.6) is 0 Å². The number of nitrogens with zero attached hydrogens (tertiary/aromatic N) is 1. The minimum atomic E-state index is -1.11. The first-order valence-corrected chi connectivity index (χ1v) is 7.90. The van der Waals surface area contributed by atoms with Crippen LogP contribution in [0.15, 0.2) is 0 Å². The predicted octanol–water partition coefficient (Wildman–Crippen LogP) is 1.31. The van der Waals surface area contributed by atoms with Crippen molar-refractivity contribution in [2.75, 3.05) is 19.8 Å². The van der Waals surface area contributed by atoms with Crippen LogP contribution in [0.2, 0.25) is 0 Å². The third-order valence-electron chi connectivity index (χ3n) is 3.70. The number of hydrogen-bond acceptors (Lipinski definition) is 8. The molecule has 0 spiro atoms. The monoisotopic (exact) mass is 347 g/mol. The first kappa shape index (κ1) is 20.3. The highest BCUT2D eigenvalue weighted by atomic mass is 16.7. The molecule has 1 aliphatic rings. The molecule has 1 unspecified atom stereocenters. The predicted molar refractivity (Wildman–Crippen MR) is 81.7 cm³/mol. The van der Waals surface area contributed by atoms with Gasteiger partial charge in [0.05, 0.1) is 38.3 Å². The van der Waals surface area contributed by atoms with Gasteiger partial charge in [-0.1, -0.05) is 0 Å². The molecule has 138 valence electrons. The van der Waals surface area contributed by atoms with Crippen molar-refractivity contribution in [1.82, 2.24) is 0 Å². The van der Waals surface area contributed by atoms with Crippen LogP contribution in [0.4, 0.5) is 0 Å². The van der Waals surface area contributed by atoms with Crippen molar-refractivity contribution in [3.63, 3.8) is 0 Å². The van der Waals surface area contributed by atoms with Crippen LogP contribution < -0.4 is 0 Å². The third-order valence-corrected chi connectivity index (χ3v) is 3.70. The maximum Gasteiger partial charge on any atom is 0.306 e. The molecule has 1 saturated heterocycles. The summed E-state index contributed by atoms with van der Waals surface area (Å²) < 4.78 is 20.9. The molecule has 3 atom stereocenters. The number of hydrogen-bond donors (Lipinski definition) is 0. The van der Waals surface area contributed by atoms with Crippen molar-refractivity contribution in [2.45, 2.75) is 58.5 Å². The Morgan fingerprint density at radius 1 is 1.38 bits per heavy atom. The van der Waals surface area contributed by atoms with E-state index in [0.29, 0.717) is 0 Å². The molecule has 9 heteroatoms. The maximum atomic E-state index is 11.9.